The summed E-state index contributed by atoms with van der Waals surface area (Å²) in [4.78, 5) is 24.5. The van der Waals surface area contributed by atoms with Gasteiger partial charge in [-0.15, -0.1) is 0 Å². The minimum absolute atomic E-state index is 0.00940. The fraction of sp³-hybridized carbons (Fsp3) is 0. The maximum Gasteiger partial charge on any atom is 0.282 e. The summed E-state index contributed by atoms with van der Waals surface area (Å²) in [6.07, 6.45) is 1.45. The molecule has 2 aromatic carbocycles. The maximum atomic E-state index is 12.4. The number of amides is 2. The minimum atomic E-state index is -0.482. The molecule has 1 aliphatic rings. The lowest BCUT2D eigenvalue weighted by Gasteiger charge is -2.13. The lowest BCUT2D eigenvalue weighted by molar-refractivity contribution is -0.117. The second-order valence-electron chi connectivity index (χ2n) is 4.68. The predicted octanol–water partition coefficient (Wildman–Crippen LogP) is 2.62. The number of nitrogens with zero attached hydrogens (tertiary/aromatic N) is 1. The molecule has 5 nitrogen and oxygen atoms in total. The molecule has 2 N–H and O–H groups in total. The van der Waals surface area contributed by atoms with E-state index < -0.39 is 11.8 Å². The summed E-state index contributed by atoms with van der Waals surface area (Å²) >= 11 is 3.33. The first-order valence-electron chi connectivity index (χ1n) is 6.47. The molecule has 2 aromatic rings. The maximum absolute atomic E-state index is 12.4. The van der Waals surface area contributed by atoms with E-state index >= 15 is 0 Å². The third-order valence-corrected chi connectivity index (χ3v) is 3.91. The van der Waals surface area contributed by atoms with Gasteiger partial charge in [-0.3, -0.25) is 15.0 Å². The van der Waals surface area contributed by atoms with Crippen molar-refractivity contribution in [1.29, 1.82) is 0 Å². The molecular formula is C16H11BrN2O3. The molecule has 6 heteroatoms. The molecule has 0 aliphatic carbocycles. The summed E-state index contributed by atoms with van der Waals surface area (Å²) in [7, 11) is 0. The number of anilines is 1. The Bertz CT molecular complexity index is 787. The molecule has 1 heterocycles. The highest BCUT2D eigenvalue weighted by Crippen LogP contribution is 2.26. The lowest BCUT2D eigenvalue weighted by Crippen LogP contribution is -2.35. The van der Waals surface area contributed by atoms with Crippen LogP contribution in [0, 0.1) is 0 Å². The van der Waals surface area contributed by atoms with E-state index in [1.807, 2.05) is 6.07 Å². The SMILES string of the molecule is O=C1NN(c2ccccc2)C(=O)/C1=C\c1cc(O)ccc1Br. The van der Waals surface area contributed by atoms with Gasteiger partial charge < -0.3 is 5.11 Å². The largest absolute Gasteiger partial charge is 0.508 e. The number of carbonyl (C=O) groups is 2. The molecule has 0 spiro atoms. The van der Waals surface area contributed by atoms with Gasteiger partial charge in [0.15, 0.2) is 0 Å². The van der Waals surface area contributed by atoms with Gasteiger partial charge in [0.25, 0.3) is 11.8 Å². The Morgan fingerprint density at radius 1 is 1.09 bits per heavy atom. The standard InChI is InChI=1S/C16H11BrN2O3/c17-14-7-6-12(20)8-10(14)9-13-15(21)18-19(16(13)22)11-4-2-1-3-5-11/h1-9,20H,(H,18,21)/b13-9-. The normalized spacial score (nSPS) is 16.2. The molecule has 0 bridgehead atoms. The number of aromatic hydroxyl groups is 1. The Labute approximate surface area is 135 Å². The molecule has 1 saturated heterocycles. The number of hydrogen-bond acceptors (Lipinski definition) is 3. The molecule has 0 saturated carbocycles. The number of phenolic OH excluding ortho intramolecular Hbond substituents is 1. The molecule has 3 rings (SSSR count). The van der Waals surface area contributed by atoms with Gasteiger partial charge in [0.1, 0.15) is 11.3 Å². The number of benzene rings is 2. The van der Waals surface area contributed by atoms with E-state index in [1.165, 1.54) is 23.2 Å². The van der Waals surface area contributed by atoms with E-state index in [0.717, 1.165) is 0 Å². The Morgan fingerprint density at radius 2 is 1.82 bits per heavy atom. The van der Waals surface area contributed by atoms with Crippen LogP contribution in [0.15, 0.2) is 58.6 Å². The van der Waals surface area contributed by atoms with Crippen molar-refractivity contribution < 1.29 is 14.7 Å². The van der Waals surface area contributed by atoms with E-state index in [2.05, 4.69) is 21.4 Å². The van der Waals surface area contributed by atoms with Crippen LogP contribution in [0.2, 0.25) is 0 Å². The Kier molecular flexibility index (Phi) is 3.68. The van der Waals surface area contributed by atoms with Gasteiger partial charge >= 0.3 is 0 Å². The summed E-state index contributed by atoms with van der Waals surface area (Å²) in [5.41, 5.74) is 3.66. The number of phenols is 1. The predicted molar refractivity (Wildman–Crippen MR) is 85.9 cm³/mol. The second kappa shape index (κ2) is 5.65. The van der Waals surface area contributed by atoms with Crippen molar-refractivity contribution in [1.82, 2.24) is 5.43 Å². The summed E-state index contributed by atoms with van der Waals surface area (Å²) < 4.78 is 0.677. The van der Waals surface area contributed by atoms with Gasteiger partial charge in [0, 0.05) is 4.47 Å². The van der Waals surface area contributed by atoms with Crippen LogP contribution < -0.4 is 10.4 Å². The van der Waals surface area contributed by atoms with Gasteiger partial charge in [0.05, 0.1) is 5.69 Å². The topological polar surface area (TPSA) is 69.6 Å². The molecule has 0 aromatic heterocycles. The molecule has 1 aliphatic heterocycles. The van der Waals surface area contributed by atoms with E-state index in [9.17, 15) is 14.7 Å². The molecular weight excluding hydrogens is 348 g/mol. The number of nitrogens with one attached hydrogen (secondary N) is 1. The summed E-state index contributed by atoms with van der Waals surface area (Å²) in [6.45, 7) is 0. The lowest BCUT2D eigenvalue weighted by atomic mass is 10.1. The highest BCUT2D eigenvalue weighted by molar-refractivity contribution is 9.10. The highest BCUT2D eigenvalue weighted by atomic mass is 79.9. The molecule has 0 radical (unpaired) electrons. The van der Waals surface area contributed by atoms with Gasteiger partial charge in [-0.2, -0.15) is 0 Å². The highest BCUT2D eigenvalue weighted by Gasteiger charge is 2.34. The molecule has 110 valence electrons. The molecule has 0 unspecified atom stereocenters. The minimum Gasteiger partial charge on any atom is -0.508 e. The van der Waals surface area contributed by atoms with Crippen LogP contribution in [0.1, 0.15) is 5.56 Å². The van der Waals surface area contributed by atoms with Crippen LogP contribution in [0.25, 0.3) is 6.08 Å². The average molecular weight is 359 g/mol. The Balaban J connectivity index is 1.98. The van der Waals surface area contributed by atoms with Crippen molar-refractivity contribution in [2.45, 2.75) is 0 Å². The smallest absolute Gasteiger partial charge is 0.282 e. The second-order valence-corrected chi connectivity index (χ2v) is 5.54. The first-order valence-corrected chi connectivity index (χ1v) is 7.26. The Hall–Kier alpha value is -2.60. The van der Waals surface area contributed by atoms with Crippen LogP contribution in [0.3, 0.4) is 0 Å². The van der Waals surface area contributed by atoms with E-state index in [-0.39, 0.29) is 11.3 Å². The van der Waals surface area contributed by atoms with E-state index in [4.69, 9.17) is 0 Å². The first kappa shape index (κ1) is 14.3. The monoisotopic (exact) mass is 358 g/mol. The Morgan fingerprint density at radius 3 is 2.55 bits per heavy atom. The van der Waals surface area contributed by atoms with Crippen LogP contribution >= 0.6 is 15.9 Å². The first-order chi connectivity index (χ1) is 10.6. The van der Waals surface area contributed by atoms with Crippen molar-refractivity contribution >= 4 is 39.5 Å². The molecule has 2 amide bonds. The number of carbonyl (C=O) groups excluding carboxylic acids is 2. The van der Waals surface area contributed by atoms with Crippen molar-refractivity contribution in [2.75, 3.05) is 5.01 Å². The fourth-order valence-electron chi connectivity index (χ4n) is 2.11. The fourth-order valence-corrected chi connectivity index (χ4v) is 2.47. The third kappa shape index (κ3) is 2.60. The zero-order valence-electron chi connectivity index (χ0n) is 11.3. The summed E-state index contributed by atoms with van der Waals surface area (Å²) in [5, 5.41) is 10.7. The van der Waals surface area contributed by atoms with Crippen LogP contribution in [0.4, 0.5) is 5.69 Å². The number of rotatable bonds is 2. The third-order valence-electron chi connectivity index (χ3n) is 3.19. The van der Waals surface area contributed by atoms with Gasteiger partial charge in [-0.25, -0.2) is 5.01 Å². The number of hydrogen-bond donors (Lipinski definition) is 2. The van der Waals surface area contributed by atoms with Crippen LogP contribution in [-0.4, -0.2) is 16.9 Å². The van der Waals surface area contributed by atoms with Crippen LogP contribution in [0.5, 0.6) is 5.75 Å². The van der Waals surface area contributed by atoms with Gasteiger partial charge in [-0.1, -0.05) is 34.1 Å². The van der Waals surface area contributed by atoms with Crippen molar-refractivity contribution in [3.05, 3.63) is 64.1 Å². The van der Waals surface area contributed by atoms with Crippen molar-refractivity contribution in [3.8, 4) is 5.75 Å². The quantitative estimate of drug-likeness (QED) is 0.640. The number of para-hydroxylation sites is 1. The van der Waals surface area contributed by atoms with Crippen LogP contribution in [-0.2, 0) is 9.59 Å². The zero-order chi connectivity index (χ0) is 15.7. The van der Waals surface area contributed by atoms with Crippen molar-refractivity contribution in [3.63, 3.8) is 0 Å². The molecule has 0 atom stereocenters. The van der Waals surface area contributed by atoms with Crippen molar-refractivity contribution in [2.24, 2.45) is 0 Å². The summed E-state index contributed by atoms with van der Waals surface area (Å²) in [6, 6.07) is 13.5. The zero-order valence-corrected chi connectivity index (χ0v) is 12.9. The average Bonchev–Trinajstić information content (AvgIpc) is 2.80. The summed E-state index contributed by atoms with van der Waals surface area (Å²) in [5.74, 6) is -0.864. The molecule has 22 heavy (non-hydrogen) atoms. The van der Waals surface area contributed by atoms with Gasteiger partial charge in [-0.05, 0) is 42.0 Å². The molecule has 1 fully saturated rings. The van der Waals surface area contributed by atoms with Gasteiger partial charge in [0.2, 0.25) is 0 Å². The van der Waals surface area contributed by atoms with E-state index in [1.54, 1.807) is 30.3 Å². The number of hydrazine groups is 1. The number of halogens is 1. The van der Waals surface area contributed by atoms with E-state index in [0.29, 0.717) is 15.7 Å².